The van der Waals surface area contributed by atoms with Crippen LogP contribution in [0.1, 0.15) is 23.6 Å². The number of fused-ring (bicyclic) bond motifs is 1. The van der Waals surface area contributed by atoms with E-state index in [2.05, 4.69) is 10.0 Å². The molecular weight excluding hydrogens is 502 g/mol. The van der Waals surface area contributed by atoms with E-state index >= 15 is 0 Å². The smallest absolute Gasteiger partial charge is 0.263 e. The molecule has 2 atom stereocenters. The highest BCUT2D eigenvalue weighted by atomic mass is 35.5. The summed E-state index contributed by atoms with van der Waals surface area (Å²) in [4.78, 5) is 27.9. The molecule has 1 heterocycles. The molecule has 0 saturated carbocycles. The SMILES string of the molecule is CS(=O)(=O)N[C@H](CC(=O)N1C[C@@H](C(=O)NCc2ccccc2)Oc2ccccc21)c1ccc(Cl)cc1. The van der Waals surface area contributed by atoms with Crippen LogP contribution in [0.3, 0.4) is 0 Å². The van der Waals surface area contributed by atoms with Crippen molar-refractivity contribution in [1.29, 1.82) is 0 Å². The van der Waals surface area contributed by atoms with Gasteiger partial charge in [-0.15, -0.1) is 0 Å². The number of hydrogen-bond donors (Lipinski definition) is 2. The molecule has 1 aliphatic heterocycles. The molecule has 3 aromatic rings. The van der Waals surface area contributed by atoms with Gasteiger partial charge in [0.25, 0.3) is 5.91 Å². The first-order chi connectivity index (χ1) is 17.2. The van der Waals surface area contributed by atoms with Crippen LogP contribution in [0.15, 0.2) is 78.9 Å². The minimum Gasteiger partial charge on any atom is -0.477 e. The van der Waals surface area contributed by atoms with Crippen molar-refractivity contribution in [2.24, 2.45) is 0 Å². The van der Waals surface area contributed by atoms with Gasteiger partial charge in [0.05, 0.1) is 24.5 Å². The van der Waals surface area contributed by atoms with Gasteiger partial charge in [-0.25, -0.2) is 13.1 Å². The maximum Gasteiger partial charge on any atom is 0.263 e. The van der Waals surface area contributed by atoms with Crippen molar-refractivity contribution in [3.63, 3.8) is 0 Å². The maximum absolute atomic E-state index is 13.5. The van der Waals surface area contributed by atoms with Gasteiger partial charge in [0.15, 0.2) is 6.10 Å². The van der Waals surface area contributed by atoms with E-state index < -0.39 is 22.2 Å². The summed E-state index contributed by atoms with van der Waals surface area (Å²) >= 11 is 5.98. The first-order valence-electron chi connectivity index (χ1n) is 11.3. The number of nitrogens with zero attached hydrogens (tertiary/aromatic N) is 1. The van der Waals surface area contributed by atoms with Gasteiger partial charge in [0.1, 0.15) is 5.75 Å². The van der Waals surface area contributed by atoms with E-state index in [9.17, 15) is 18.0 Å². The summed E-state index contributed by atoms with van der Waals surface area (Å²) in [5, 5.41) is 3.35. The Hall–Kier alpha value is -3.40. The van der Waals surface area contributed by atoms with Crippen LogP contribution in [-0.4, -0.2) is 39.1 Å². The Labute approximate surface area is 215 Å². The van der Waals surface area contributed by atoms with Crippen LogP contribution in [0.25, 0.3) is 0 Å². The van der Waals surface area contributed by atoms with Gasteiger partial charge in [-0.3, -0.25) is 9.59 Å². The van der Waals surface area contributed by atoms with Gasteiger partial charge >= 0.3 is 0 Å². The molecule has 2 N–H and O–H groups in total. The molecule has 0 bridgehead atoms. The van der Waals surface area contributed by atoms with E-state index in [0.717, 1.165) is 11.8 Å². The van der Waals surface area contributed by atoms with Crippen molar-refractivity contribution < 1.29 is 22.7 Å². The highest BCUT2D eigenvalue weighted by Gasteiger charge is 2.35. The van der Waals surface area contributed by atoms with Gasteiger partial charge in [0, 0.05) is 18.0 Å². The Balaban J connectivity index is 1.54. The summed E-state index contributed by atoms with van der Waals surface area (Å²) in [6, 6.07) is 22.2. The van der Waals surface area contributed by atoms with E-state index in [1.54, 1.807) is 48.5 Å². The number of halogens is 1. The van der Waals surface area contributed by atoms with Crippen molar-refractivity contribution in [1.82, 2.24) is 10.0 Å². The van der Waals surface area contributed by atoms with Crippen LogP contribution in [0.5, 0.6) is 5.75 Å². The number of ether oxygens (including phenoxy) is 1. The molecule has 0 fully saturated rings. The third-order valence-corrected chi connectivity index (χ3v) is 6.65. The average molecular weight is 528 g/mol. The Bertz CT molecular complexity index is 1330. The molecule has 0 aromatic heterocycles. The summed E-state index contributed by atoms with van der Waals surface area (Å²) in [5.41, 5.74) is 2.05. The second-order valence-corrected chi connectivity index (χ2v) is 10.7. The lowest BCUT2D eigenvalue weighted by Gasteiger charge is -2.35. The van der Waals surface area contributed by atoms with Gasteiger partial charge in [0.2, 0.25) is 15.9 Å². The monoisotopic (exact) mass is 527 g/mol. The van der Waals surface area contributed by atoms with Crippen LogP contribution in [0.2, 0.25) is 5.02 Å². The van der Waals surface area contributed by atoms with E-state index in [1.165, 1.54) is 4.90 Å². The Morgan fingerprint density at radius 1 is 1.03 bits per heavy atom. The number of para-hydroxylation sites is 2. The molecule has 10 heteroatoms. The highest BCUT2D eigenvalue weighted by Crippen LogP contribution is 2.34. The number of carbonyl (C=O) groups excluding carboxylic acids is 2. The summed E-state index contributed by atoms with van der Waals surface area (Å²) in [6.45, 7) is 0.314. The molecule has 188 valence electrons. The summed E-state index contributed by atoms with van der Waals surface area (Å²) < 4.78 is 32.5. The van der Waals surface area contributed by atoms with E-state index in [1.807, 2.05) is 30.3 Å². The molecule has 0 spiro atoms. The van der Waals surface area contributed by atoms with Crippen LogP contribution in [0.4, 0.5) is 5.69 Å². The van der Waals surface area contributed by atoms with Gasteiger partial charge in [-0.1, -0.05) is 66.2 Å². The number of benzene rings is 3. The lowest BCUT2D eigenvalue weighted by Crippen LogP contribution is -2.51. The van der Waals surface area contributed by atoms with Gasteiger partial charge in [-0.05, 0) is 35.4 Å². The number of rotatable bonds is 8. The zero-order valence-electron chi connectivity index (χ0n) is 19.6. The van der Waals surface area contributed by atoms with Crippen molar-refractivity contribution >= 4 is 39.1 Å². The molecule has 0 unspecified atom stereocenters. The molecule has 1 aliphatic rings. The van der Waals surface area contributed by atoms with Gasteiger partial charge in [-0.2, -0.15) is 0 Å². The predicted molar refractivity (Wildman–Crippen MR) is 138 cm³/mol. The molecule has 4 rings (SSSR count). The maximum atomic E-state index is 13.5. The minimum atomic E-state index is -3.62. The molecule has 0 aliphatic carbocycles. The number of amides is 2. The fourth-order valence-electron chi connectivity index (χ4n) is 3.97. The lowest BCUT2D eigenvalue weighted by atomic mass is 10.0. The summed E-state index contributed by atoms with van der Waals surface area (Å²) in [5.74, 6) is -0.312. The molecule has 0 radical (unpaired) electrons. The Morgan fingerprint density at radius 3 is 2.39 bits per heavy atom. The third kappa shape index (κ3) is 6.63. The summed E-state index contributed by atoms with van der Waals surface area (Å²) in [6.07, 6.45) is -0.0525. The van der Waals surface area contributed by atoms with Crippen molar-refractivity contribution in [2.75, 3.05) is 17.7 Å². The zero-order valence-corrected chi connectivity index (χ0v) is 21.1. The average Bonchev–Trinajstić information content (AvgIpc) is 2.86. The van der Waals surface area contributed by atoms with Crippen LogP contribution >= 0.6 is 11.6 Å². The molecule has 2 amide bonds. The fourth-order valence-corrected chi connectivity index (χ4v) is 4.83. The van der Waals surface area contributed by atoms with E-state index in [-0.39, 0.29) is 24.8 Å². The lowest BCUT2D eigenvalue weighted by molar-refractivity contribution is -0.128. The second kappa shape index (κ2) is 11.1. The van der Waals surface area contributed by atoms with Crippen molar-refractivity contribution in [2.45, 2.75) is 25.1 Å². The topological polar surface area (TPSA) is 105 Å². The van der Waals surface area contributed by atoms with Crippen molar-refractivity contribution in [3.05, 3.63) is 95.0 Å². The standard InChI is InChI=1S/C26H26ClN3O5S/c1-36(33,34)29-21(19-11-13-20(27)14-12-19)15-25(31)30-17-24(35-23-10-6-5-9-22(23)30)26(32)28-16-18-7-3-2-4-8-18/h2-14,21,24,29H,15-17H2,1H3,(H,28,32)/t21-,24+/m1/s1. The Kier molecular flexibility index (Phi) is 7.93. The first kappa shape index (κ1) is 25.7. The molecule has 3 aromatic carbocycles. The fraction of sp³-hybridized carbons (Fsp3) is 0.231. The minimum absolute atomic E-state index is 0.0112. The molecular formula is C26H26ClN3O5S. The largest absolute Gasteiger partial charge is 0.477 e. The van der Waals surface area contributed by atoms with E-state index in [0.29, 0.717) is 28.6 Å². The number of hydrogen-bond acceptors (Lipinski definition) is 5. The van der Waals surface area contributed by atoms with Crippen LogP contribution < -0.4 is 19.7 Å². The summed E-state index contributed by atoms with van der Waals surface area (Å²) in [7, 11) is -3.62. The number of anilines is 1. The first-order valence-corrected chi connectivity index (χ1v) is 13.6. The zero-order chi connectivity index (χ0) is 25.7. The quantitative estimate of drug-likeness (QED) is 0.467. The van der Waals surface area contributed by atoms with Crippen LogP contribution in [-0.2, 0) is 26.2 Å². The third-order valence-electron chi connectivity index (χ3n) is 5.68. The Morgan fingerprint density at radius 2 is 1.69 bits per heavy atom. The second-order valence-electron chi connectivity index (χ2n) is 8.48. The molecule has 8 nitrogen and oxygen atoms in total. The number of carbonyl (C=O) groups is 2. The number of nitrogens with one attached hydrogen (secondary N) is 2. The van der Waals surface area contributed by atoms with Crippen LogP contribution in [0, 0.1) is 0 Å². The highest BCUT2D eigenvalue weighted by molar-refractivity contribution is 7.88. The van der Waals surface area contributed by atoms with Gasteiger partial charge < -0.3 is 15.0 Å². The van der Waals surface area contributed by atoms with E-state index in [4.69, 9.17) is 16.3 Å². The molecule has 0 saturated heterocycles. The number of sulfonamides is 1. The predicted octanol–water partition coefficient (Wildman–Crippen LogP) is 3.43. The normalized spacial score (nSPS) is 15.9. The molecule has 36 heavy (non-hydrogen) atoms. The van der Waals surface area contributed by atoms with Crippen molar-refractivity contribution in [3.8, 4) is 5.75 Å².